The molecule has 0 saturated carbocycles. The summed E-state index contributed by atoms with van der Waals surface area (Å²) < 4.78 is 11.0. The van der Waals surface area contributed by atoms with Crippen molar-refractivity contribution in [2.75, 3.05) is 40.0 Å². The second-order valence-electron chi connectivity index (χ2n) is 6.53. The zero-order valence-corrected chi connectivity index (χ0v) is 17.8. The van der Waals surface area contributed by atoms with Gasteiger partial charge in [0.25, 0.3) is 0 Å². The summed E-state index contributed by atoms with van der Waals surface area (Å²) in [6.45, 7) is 9.89. The molecule has 3 N–H and O–H groups in total. The van der Waals surface area contributed by atoms with Crippen molar-refractivity contribution in [2.45, 2.75) is 46.6 Å². The van der Waals surface area contributed by atoms with Crippen LogP contribution in [0.1, 0.15) is 44.2 Å². The third-order valence-electron chi connectivity index (χ3n) is 3.94. The number of hydrogen-bond donors (Lipinski definition) is 3. The Bertz CT molecular complexity index is 605. The van der Waals surface area contributed by atoms with Crippen molar-refractivity contribution in [3.05, 3.63) is 29.3 Å². The van der Waals surface area contributed by atoms with E-state index in [9.17, 15) is 4.79 Å². The van der Waals surface area contributed by atoms with Crippen LogP contribution in [0, 0.1) is 6.92 Å². The highest BCUT2D eigenvalue weighted by molar-refractivity contribution is 5.81. The Balaban J connectivity index is 2.63. The van der Waals surface area contributed by atoms with Crippen LogP contribution in [0.4, 0.5) is 0 Å². The molecule has 1 rings (SSSR count). The Morgan fingerprint density at radius 2 is 1.93 bits per heavy atom. The van der Waals surface area contributed by atoms with Crippen LogP contribution in [0.15, 0.2) is 23.2 Å². The molecule has 0 aliphatic rings. The summed E-state index contributed by atoms with van der Waals surface area (Å²) in [5, 5.41) is 9.29. The van der Waals surface area contributed by atoms with Gasteiger partial charge in [-0.3, -0.25) is 4.79 Å². The number of aliphatic imine (C=N–C) groups is 1. The van der Waals surface area contributed by atoms with Crippen LogP contribution in [-0.2, 0) is 16.1 Å². The summed E-state index contributed by atoms with van der Waals surface area (Å²) in [5.74, 6) is 1.60. The van der Waals surface area contributed by atoms with E-state index in [1.807, 2.05) is 32.9 Å². The summed E-state index contributed by atoms with van der Waals surface area (Å²) in [5.41, 5.74) is 2.18. The predicted octanol–water partition coefficient (Wildman–Crippen LogP) is 2.38. The Kier molecular flexibility index (Phi) is 12.5. The van der Waals surface area contributed by atoms with E-state index in [-0.39, 0.29) is 5.91 Å². The number of carbonyl (C=O) groups is 1. The highest BCUT2D eigenvalue weighted by Gasteiger charge is 2.06. The molecule has 0 radical (unpaired) electrons. The maximum absolute atomic E-state index is 11.7. The van der Waals surface area contributed by atoms with Crippen LogP contribution < -0.4 is 20.7 Å². The smallest absolute Gasteiger partial charge is 0.221 e. The maximum Gasteiger partial charge on any atom is 0.221 e. The first-order chi connectivity index (χ1) is 13.6. The van der Waals surface area contributed by atoms with Crippen LogP contribution in [0.3, 0.4) is 0 Å². The molecule has 1 aromatic rings. The van der Waals surface area contributed by atoms with E-state index < -0.39 is 0 Å². The molecule has 0 unspecified atom stereocenters. The zero-order valence-electron chi connectivity index (χ0n) is 17.8. The Labute approximate surface area is 169 Å². The van der Waals surface area contributed by atoms with Gasteiger partial charge in [-0.2, -0.15) is 0 Å². The van der Waals surface area contributed by atoms with Crippen LogP contribution in [0.2, 0.25) is 0 Å². The highest BCUT2D eigenvalue weighted by atomic mass is 16.5. The molecule has 0 spiro atoms. The van der Waals surface area contributed by atoms with Gasteiger partial charge in [-0.15, -0.1) is 0 Å². The van der Waals surface area contributed by atoms with Gasteiger partial charge in [-0.25, -0.2) is 4.99 Å². The molecule has 0 aliphatic carbocycles. The van der Waals surface area contributed by atoms with E-state index in [4.69, 9.17) is 9.47 Å². The van der Waals surface area contributed by atoms with E-state index in [0.29, 0.717) is 45.2 Å². The topological polar surface area (TPSA) is 84.0 Å². The number of hydrogen-bond acceptors (Lipinski definition) is 4. The lowest BCUT2D eigenvalue weighted by atomic mass is 10.1. The van der Waals surface area contributed by atoms with Crippen LogP contribution in [0.5, 0.6) is 5.75 Å². The number of aryl methyl sites for hydroxylation is 1. The van der Waals surface area contributed by atoms with Crippen molar-refractivity contribution in [1.29, 1.82) is 0 Å². The number of methoxy groups -OCH3 is 1. The monoisotopic (exact) mass is 392 g/mol. The lowest BCUT2D eigenvalue weighted by Gasteiger charge is -2.14. The molecule has 7 heteroatoms. The fourth-order valence-electron chi connectivity index (χ4n) is 2.47. The van der Waals surface area contributed by atoms with Gasteiger partial charge in [0.05, 0.1) is 13.2 Å². The first kappa shape index (κ1) is 23.8. The van der Waals surface area contributed by atoms with Crippen molar-refractivity contribution in [3.63, 3.8) is 0 Å². The minimum absolute atomic E-state index is 0.0514. The predicted molar refractivity (Wildman–Crippen MR) is 114 cm³/mol. The Morgan fingerprint density at radius 1 is 1.11 bits per heavy atom. The minimum atomic E-state index is 0.0514. The zero-order chi connectivity index (χ0) is 20.6. The number of ether oxygens (including phenoxy) is 2. The molecule has 0 bridgehead atoms. The molecular formula is C21H36N4O3. The second kappa shape index (κ2) is 14.7. The van der Waals surface area contributed by atoms with E-state index in [1.54, 1.807) is 7.11 Å². The molecule has 0 atom stereocenters. The quantitative estimate of drug-likeness (QED) is 0.273. The average molecular weight is 393 g/mol. The fourth-order valence-corrected chi connectivity index (χ4v) is 2.47. The van der Waals surface area contributed by atoms with E-state index in [2.05, 4.69) is 27.0 Å². The largest absolute Gasteiger partial charge is 0.493 e. The molecule has 0 fully saturated rings. The summed E-state index contributed by atoms with van der Waals surface area (Å²) in [4.78, 5) is 16.3. The van der Waals surface area contributed by atoms with Gasteiger partial charge in [0.2, 0.25) is 5.91 Å². The Hall–Kier alpha value is -2.28. The second-order valence-corrected chi connectivity index (χ2v) is 6.53. The van der Waals surface area contributed by atoms with E-state index in [1.165, 1.54) is 0 Å². The number of guanidine groups is 1. The van der Waals surface area contributed by atoms with Crippen molar-refractivity contribution in [2.24, 2.45) is 4.99 Å². The van der Waals surface area contributed by atoms with Crippen LogP contribution >= 0.6 is 0 Å². The first-order valence-corrected chi connectivity index (χ1v) is 10.1. The fraction of sp³-hybridized carbons (Fsp3) is 0.619. The number of nitrogens with zero attached hydrogens (tertiary/aromatic N) is 1. The lowest BCUT2D eigenvalue weighted by Crippen LogP contribution is -2.39. The van der Waals surface area contributed by atoms with Gasteiger partial charge in [0.15, 0.2) is 5.96 Å². The van der Waals surface area contributed by atoms with Crippen molar-refractivity contribution < 1.29 is 14.3 Å². The molecule has 1 amide bonds. The summed E-state index contributed by atoms with van der Waals surface area (Å²) in [7, 11) is 1.69. The number of amides is 1. The molecule has 28 heavy (non-hydrogen) atoms. The SMILES string of the molecule is CCCNC(=O)CCNC(=NCc1ccc(C)cc1OCCCOC)NCC. The minimum Gasteiger partial charge on any atom is -0.493 e. The van der Waals surface area contributed by atoms with Gasteiger partial charge in [-0.1, -0.05) is 19.1 Å². The number of carbonyl (C=O) groups excluding carboxylic acids is 1. The molecule has 0 aliphatic heterocycles. The average Bonchev–Trinajstić information content (AvgIpc) is 2.68. The van der Waals surface area contributed by atoms with Crippen molar-refractivity contribution in [3.8, 4) is 5.75 Å². The maximum atomic E-state index is 11.7. The van der Waals surface area contributed by atoms with Gasteiger partial charge in [0.1, 0.15) is 5.75 Å². The standard InChI is InChI=1S/C21H36N4O3/c1-5-11-23-20(26)10-12-24-21(22-6-2)25-16-18-9-8-17(3)15-19(18)28-14-7-13-27-4/h8-9,15H,5-7,10-14,16H2,1-4H3,(H,23,26)(H2,22,24,25). The molecule has 158 valence electrons. The summed E-state index contributed by atoms with van der Waals surface area (Å²) in [6, 6.07) is 6.15. The Morgan fingerprint density at radius 3 is 2.64 bits per heavy atom. The van der Waals surface area contributed by atoms with E-state index in [0.717, 1.165) is 36.3 Å². The molecule has 0 heterocycles. The first-order valence-electron chi connectivity index (χ1n) is 10.1. The summed E-state index contributed by atoms with van der Waals surface area (Å²) >= 11 is 0. The van der Waals surface area contributed by atoms with Crippen LogP contribution in [-0.4, -0.2) is 51.8 Å². The van der Waals surface area contributed by atoms with Gasteiger partial charge in [-0.05, 0) is 31.9 Å². The number of benzene rings is 1. The molecule has 7 nitrogen and oxygen atoms in total. The number of nitrogens with one attached hydrogen (secondary N) is 3. The molecular weight excluding hydrogens is 356 g/mol. The van der Waals surface area contributed by atoms with Crippen LogP contribution in [0.25, 0.3) is 0 Å². The normalized spacial score (nSPS) is 11.2. The van der Waals surface area contributed by atoms with Crippen molar-refractivity contribution >= 4 is 11.9 Å². The molecule has 1 aromatic carbocycles. The third-order valence-corrected chi connectivity index (χ3v) is 3.94. The van der Waals surface area contributed by atoms with E-state index >= 15 is 0 Å². The van der Waals surface area contributed by atoms with Crippen molar-refractivity contribution in [1.82, 2.24) is 16.0 Å². The molecule has 0 saturated heterocycles. The van der Waals surface area contributed by atoms with Gasteiger partial charge in [0, 0.05) is 51.8 Å². The number of rotatable bonds is 13. The van der Waals surface area contributed by atoms with Gasteiger partial charge < -0.3 is 25.4 Å². The molecule has 0 aromatic heterocycles. The third kappa shape index (κ3) is 10.2. The highest BCUT2D eigenvalue weighted by Crippen LogP contribution is 2.21. The summed E-state index contributed by atoms with van der Waals surface area (Å²) in [6.07, 6.45) is 2.20. The lowest BCUT2D eigenvalue weighted by molar-refractivity contribution is -0.120. The van der Waals surface area contributed by atoms with Gasteiger partial charge >= 0.3 is 0 Å².